The molecule has 3 N–H and O–H groups in total. The van der Waals surface area contributed by atoms with Crippen LogP contribution in [0.4, 0.5) is 4.79 Å². The molecule has 7 nitrogen and oxygen atoms in total. The van der Waals surface area contributed by atoms with E-state index >= 15 is 0 Å². The molecule has 0 aromatic rings. The maximum atomic E-state index is 12.9. The van der Waals surface area contributed by atoms with Gasteiger partial charge in [0.1, 0.15) is 0 Å². The maximum Gasteiger partial charge on any atom is 0.436 e. The molecule has 0 bridgehead atoms. The minimum absolute atomic E-state index is 0.198. The Hall–Kier alpha value is -1.73. The van der Waals surface area contributed by atoms with Crippen molar-refractivity contribution in [2.45, 2.75) is 91.5 Å². The average molecular weight is 513 g/mol. The van der Waals surface area contributed by atoms with Crippen LogP contribution in [0.2, 0.25) is 0 Å². The average Bonchev–Trinajstić information content (AvgIpc) is 3.44. The third kappa shape index (κ3) is 4.91. The van der Waals surface area contributed by atoms with Crippen LogP contribution >= 0.6 is 0 Å². The van der Waals surface area contributed by atoms with E-state index in [1.165, 1.54) is 31.3 Å². The SMILES string of the molecule is C/C(=N\OC(=O)N(CCN)CC1CC(C)CN1)[C@H]1CC[C@H]2[C@@H]3CCC4=CC(=O)CC[C@]4(C)[C@H]3CC[C@]12C. The van der Waals surface area contributed by atoms with E-state index in [-0.39, 0.29) is 16.9 Å². The van der Waals surface area contributed by atoms with Crippen LogP contribution in [-0.2, 0) is 9.63 Å². The second kappa shape index (κ2) is 10.4. The number of hydrogen-bond donors (Lipinski definition) is 2. The molecular formula is C30H48N4O3. The molecule has 4 aliphatic carbocycles. The van der Waals surface area contributed by atoms with Crippen molar-refractivity contribution in [2.75, 3.05) is 26.2 Å². The Morgan fingerprint density at radius 1 is 1.19 bits per heavy atom. The van der Waals surface area contributed by atoms with E-state index in [1.54, 1.807) is 4.90 Å². The fourth-order valence-electron chi connectivity index (χ4n) is 9.32. The molecule has 0 radical (unpaired) electrons. The van der Waals surface area contributed by atoms with E-state index in [2.05, 4.69) is 38.2 Å². The normalized spacial score (nSPS) is 41.5. The molecule has 3 saturated carbocycles. The van der Waals surface area contributed by atoms with Crippen molar-refractivity contribution in [1.29, 1.82) is 0 Å². The summed E-state index contributed by atoms with van der Waals surface area (Å²) in [5.74, 6) is 3.39. The van der Waals surface area contributed by atoms with Gasteiger partial charge in [0.05, 0.1) is 5.71 Å². The number of rotatable bonds is 6. The number of amides is 1. The lowest BCUT2D eigenvalue weighted by molar-refractivity contribution is -0.117. The van der Waals surface area contributed by atoms with Gasteiger partial charge in [-0.2, -0.15) is 0 Å². The van der Waals surface area contributed by atoms with Crippen LogP contribution < -0.4 is 11.1 Å². The van der Waals surface area contributed by atoms with Crippen molar-refractivity contribution in [3.63, 3.8) is 0 Å². The number of nitrogens with one attached hydrogen (secondary N) is 1. The number of oxime groups is 1. The maximum absolute atomic E-state index is 12.9. The molecule has 206 valence electrons. The van der Waals surface area contributed by atoms with Gasteiger partial charge in [0, 0.05) is 38.0 Å². The molecule has 0 aromatic carbocycles. The van der Waals surface area contributed by atoms with Gasteiger partial charge >= 0.3 is 6.09 Å². The van der Waals surface area contributed by atoms with E-state index < -0.39 is 0 Å². The third-order valence-corrected chi connectivity index (χ3v) is 11.3. The first-order valence-electron chi connectivity index (χ1n) is 14.8. The van der Waals surface area contributed by atoms with Crippen molar-refractivity contribution in [3.05, 3.63) is 11.6 Å². The summed E-state index contributed by atoms with van der Waals surface area (Å²) in [5, 5.41) is 7.94. The highest BCUT2D eigenvalue weighted by Crippen LogP contribution is 2.66. The lowest BCUT2D eigenvalue weighted by atomic mass is 9.46. The van der Waals surface area contributed by atoms with Crippen molar-refractivity contribution in [3.8, 4) is 0 Å². The van der Waals surface area contributed by atoms with Crippen LogP contribution in [0.15, 0.2) is 16.8 Å². The number of hydrogen-bond acceptors (Lipinski definition) is 6. The van der Waals surface area contributed by atoms with Crippen molar-refractivity contribution in [2.24, 2.45) is 51.3 Å². The van der Waals surface area contributed by atoms with Gasteiger partial charge in [0.2, 0.25) is 0 Å². The van der Waals surface area contributed by atoms with Gasteiger partial charge in [-0.05, 0) is 105 Å². The van der Waals surface area contributed by atoms with Crippen LogP contribution in [0, 0.1) is 40.4 Å². The molecule has 0 spiro atoms. The highest BCUT2D eigenvalue weighted by Gasteiger charge is 2.59. The molecule has 5 rings (SSSR count). The first-order valence-corrected chi connectivity index (χ1v) is 14.8. The van der Waals surface area contributed by atoms with Crippen LogP contribution in [0.5, 0.6) is 0 Å². The first-order chi connectivity index (χ1) is 17.7. The smallest absolute Gasteiger partial charge is 0.329 e. The molecule has 1 amide bonds. The van der Waals surface area contributed by atoms with Crippen LogP contribution in [0.25, 0.3) is 0 Å². The van der Waals surface area contributed by atoms with Crippen LogP contribution in [0.3, 0.4) is 0 Å². The zero-order valence-corrected chi connectivity index (χ0v) is 23.4. The van der Waals surface area contributed by atoms with E-state index in [9.17, 15) is 9.59 Å². The Morgan fingerprint density at radius 2 is 2.00 bits per heavy atom. The fraction of sp³-hybridized carbons (Fsp3) is 0.833. The Kier molecular flexibility index (Phi) is 7.58. The van der Waals surface area contributed by atoms with Crippen LogP contribution in [-0.4, -0.2) is 54.7 Å². The van der Waals surface area contributed by atoms with E-state index in [1.807, 2.05) is 6.08 Å². The zero-order valence-electron chi connectivity index (χ0n) is 23.4. The number of carbonyl (C=O) groups excluding carboxylic acids is 2. The summed E-state index contributed by atoms with van der Waals surface area (Å²) in [6, 6.07) is 0.291. The zero-order chi connectivity index (χ0) is 26.4. The Bertz CT molecular complexity index is 962. The Labute approximate surface area is 223 Å². The molecule has 5 aliphatic rings. The van der Waals surface area contributed by atoms with Gasteiger partial charge in [-0.15, -0.1) is 0 Å². The molecular weight excluding hydrogens is 464 g/mol. The fourth-order valence-corrected chi connectivity index (χ4v) is 9.32. The van der Waals surface area contributed by atoms with Gasteiger partial charge in [-0.1, -0.05) is 31.5 Å². The number of carbonyl (C=O) groups is 2. The quantitative estimate of drug-likeness (QED) is 0.300. The highest BCUT2D eigenvalue weighted by molar-refractivity contribution is 5.91. The number of nitrogens with zero attached hydrogens (tertiary/aromatic N) is 2. The molecule has 8 atom stereocenters. The predicted octanol–water partition coefficient (Wildman–Crippen LogP) is 4.91. The number of ketones is 1. The number of fused-ring (bicyclic) bond motifs is 5. The number of nitrogens with two attached hydrogens (primary N) is 1. The van der Waals surface area contributed by atoms with Gasteiger partial charge in [0.25, 0.3) is 0 Å². The summed E-state index contributed by atoms with van der Waals surface area (Å²) in [6.07, 6.45) is 11.4. The lowest BCUT2D eigenvalue weighted by Crippen LogP contribution is -2.51. The minimum Gasteiger partial charge on any atom is -0.329 e. The summed E-state index contributed by atoms with van der Waals surface area (Å²) in [6.45, 7) is 11.7. The molecule has 1 heterocycles. The molecule has 0 aromatic heterocycles. The van der Waals surface area contributed by atoms with E-state index in [0.29, 0.717) is 61.6 Å². The first kappa shape index (κ1) is 26.9. The lowest BCUT2D eigenvalue weighted by Gasteiger charge is -2.58. The summed E-state index contributed by atoms with van der Waals surface area (Å²) in [7, 11) is 0. The molecule has 4 fully saturated rings. The topological polar surface area (TPSA) is 97.0 Å². The monoisotopic (exact) mass is 512 g/mol. The predicted molar refractivity (Wildman–Crippen MR) is 146 cm³/mol. The molecule has 1 aliphatic heterocycles. The highest BCUT2D eigenvalue weighted by atomic mass is 16.7. The van der Waals surface area contributed by atoms with Crippen molar-refractivity contribution >= 4 is 17.6 Å². The largest absolute Gasteiger partial charge is 0.436 e. The Balaban J connectivity index is 1.25. The second-order valence-electron chi connectivity index (χ2n) is 13.4. The summed E-state index contributed by atoms with van der Waals surface area (Å²) >= 11 is 0. The van der Waals surface area contributed by atoms with Gasteiger partial charge in [0.15, 0.2) is 5.78 Å². The van der Waals surface area contributed by atoms with Gasteiger partial charge in [-0.25, -0.2) is 4.79 Å². The third-order valence-electron chi connectivity index (χ3n) is 11.3. The minimum atomic E-state index is -0.388. The van der Waals surface area contributed by atoms with Crippen molar-refractivity contribution < 1.29 is 14.4 Å². The second-order valence-corrected chi connectivity index (χ2v) is 13.4. The molecule has 2 unspecified atom stereocenters. The summed E-state index contributed by atoms with van der Waals surface area (Å²) in [4.78, 5) is 32.3. The van der Waals surface area contributed by atoms with Gasteiger partial charge < -0.3 is 16.0 Å². The van der Waals surface area contributed by atoms with E-state index in [4.69, 9.17) is 10.6 Å². The standard InChI is InChI=1S/C30H48N4O3/c1-19-15-22(32-17-19)18-34(14-13-31)28(36)37-33-20(2)25-7-8-26-24-6-5-21-16-23(35)9-11-29(21,3)27(24)10-12-30(25,26)4/h16,19,22,24-27,32H,5-15,17-18,31H2,1-4H3/b33-20+/t19?,22?,24-,25+,26-,27-,29-,30+/m0/s1. The summed E-state index contributed by atoms with van der Waals surface area (Å²) in [5.41, 5.74) is 8.59. The van der Waals surface area contributed by atoms with Crippen molar-refractivity contribution in [1.82, 2.24) is 10.2 Å². The molecule has 37 heavy (non-hydrogen) atoms. The Morgan fingerprint density at radius 3 is 2.73 bits per heavy atom. The summed E-state index contributed by atoms with van der Waals surface area (Å²) < 4.78 is 0. The van der Waals surface area contributed by atoms with Gasteiger partial charge in [-0.3, -0.25) is 9.63 Å². The molecule has 1 saturated heterocycles. The van der Waals surface area contributed by atoms with Crippen LogP contribution in [0.1, 0.15) is 85.5 Å². The van der Waals surface area contributed by atoms with E-state index in [0.717, 1.165) is 43.9 Å². The number of allylic oxidation sites excluding steroid dienone is 1. The molecule has 7 heteroatoms.